The van der Waals surface area contributed by atoms with Crippen LogP contribution >= 0.6 is 0 Å². The first-order valence-corrected chi connectivity index (χ1v) is 8.82. The summed E-state index contributed by atoms with van der Waals surface area (Å²) in [4.78, 5) is 7.47. The van der Waals surface area contributed by atoms with Crippen LogP contribution in [0.1, 0.15) is 30.8 Å². The van der Waals surface area contributed by atoms with Gasteiger partial charge in [-0.25, -0.2) is 0 Å². The van der Waals surface area contributed by atoms with Crippen molar-refractivity contribution < 1.29 is 0 Å². The van der Waals surface area contributed by atoms with E-state index in [-0.39, 0.29) is 0 Å². The van der Waals surface area contributed by atoms with Crippen molar-refractivity contribution in [1.29, 1.82) is 0 Å². The molecule has 25 heavy (non-hydrogen) atoms. The molecule has 0 unspecified atom stereocenters. The van der Waals surface area contributed by atoms with Gasteiger partial charge in [-0.3, -0.25) is 4.98 Å². The number of rotatable bonds is 1. The first-order valence-electron chi connectivity index (χ1n) is 8.82. The lowest BCUT2D eigenvalue weighted by Crippen LogP contribution is -2.20. The second-order valence-corrected chi connectivity index (χ2v) is 6.87. The summed E-state index contributed by atoms with van der Waals surface area (Å²) in [6, 6.07) is 15.4. The minimum absolute atomic E-state index is 0.927. The molecule has 0 saturated heterocycles. The van der Waals surface area contributed by atoms with Crippen molar-refractivity contribution in [3.05, 3.63) is 77.3 Å². The molecule has 0 spiro atoms. The molecule has 2 aromatic carbocycles. The zero-order valence-corrected chi connectivity index (χ0v) is 14.8. The van der Waals surface area contributed by atoms with Gasteiger partial charge in [0, 0.05) is 35.7 Å². The average Bonchev–Trinajstić information content (AvgIpc) is 3.01. The van der Waals surface area contributed by atoms with E-state index in [9.17, 15) is 0 Å². The second kappa shape index (κ2) is 5.06. The molecule has 3 aromatic rings. The van der Waals surface area contributed by atoms with Crippen LogP contribution in [0.2, 0.25) is 0 Å². The van der Waals surface area contributed by atoms with Gasteiger partial charge in [-0.15, -0.1) is 0 Å². The normalized spacial score (nSPS) is 15.2. The highest BCUT2D eigenvalue weighted by Gasteiger charge is 2.29. The summed E-state index contributed by atoms with van der Waals surface area (Å²) in [5, 5.41) is 2.60. The minimum atomic E-state index is 0.927. The highest BCUT2D eigenvalue weighted by atomic mass is 15.1. The number of hydrogen-bond donors (Lipinski definition) is 0. The van der Waals surface area contributed by atoms with E-state index >= 15 is 0 Å². The predicted molar refractivity (Wildman–Crippen MR) is 106 cm³/mol. The fourth-order valence-corrected chi connectivity index (χ4v) is 4.30. The van der Waals surface area contributed by atoms with Gasteiger partial charge in [0.2, 0.25) is 0 Å². The number of pyridine rings is 1. The summed E-state index contributed by atoms with van der Waals surface area (Å²) in [5.74, 6) is 0. The number of allylic oxidation sites excluding steroid dienone is 4. The summed E-state index contributed by atoms with van der Waals surface area (Å²) in [6.45, 7) is 4.25. The molecule has 0 fully saturated rings. The van der Waals surface area contributed by atoms with Crippen LogP contribution in [0, 0.1) is 0 Å². The monoisotopic (exact) mass is 324 g/mol. The SMILES string of the molecule is C/C=C\C1=C(C)N(C)c2cccc3c4c(nc1c23)Cc1ccccc1-4. The van der Waals surface area contributed by atoms with E-state index in [0.717, 1.165) is 12.1 Å². The molecule has 0 amide bonds. The summed E-state index contributed by atoms with van der Waals surface area (Å²) in [5.41, 5.74) is 10.1. The van der Waals surface area contributed by atoms with Crippen LogP contribution in [0.25, 0.3) is 27.5 Å². The molecule has 1 aromatic heterocycles. The number of benzene rings is 2. The van der Waals surface area contributed by atoms with Gasteiger partial charge in [-0.1, -0.05) is 48.6 Å². The molecule has 5 rings (SSSR count). The molecule has 0 N–H and O–H groups in total. The molecule has 0 bridgehead atoms. The fourth-order valence-electron chi connectivity index (χ4n) is 4.30. The zero-order valence-electron chi connectivity index (χ0n) is 14.8. The van der Waals surface area contributed by atoms with Gasteiger partial charge in [0.25, 0.3) is 0 Å². The molecule has 1 aliphatic carbocycles. The lowest BCUT2D eigenvalue weighted by molar-refractivity contribution is 1.06. The van der Waals surface area contributed by atoms with Crippen LogP contribution in [-0.2, 0) is 6.42 Å². The van der Waals surface area contributed by atoms with Gasteiger partial charge in [-0.2, -0.15) is 0 Å². The van der Waals surface area contributed by atoms with Gasteiger partial charge >= 0.3 is 0 Å². The smallest absolute Gasteiger partial charge is 0.0822 e. The lowest BCUT2D eigenvalue weighted by atomic mass is 9.92. The Morgan fingerprint density at radius 3 is 2.76 bits per heavy atom. The lowest BCUT2D eigenvalue weighted by Gasteiger charge is -2.30. The van der Waals surface area contributed by atoms with E-state index in [1.807, 2.05) is 0 Å². The van der Waals surface area contributed by atoms with Gasteiger partial charge < -0.3 is 4.90 Å². The van der Waals surface area contributed by atoms with E-state index in [0.29, 0.717) is 0 Å². The maximum atomic E-state index is 5.18. The van der Waals surface area contributed by atoms with E-state index < -0.39 is 0 Å². The van der Waals surface area contributed by atoms with E-state index in [2.05, 4.69) is 80.4 Å². The summed E-state index contributed by atoms with van der Waals surface area (Å²) >= 11 is 0. The maximum absolute atomic E-state index is 5.18. The molecule has 2 heteroatoms. The highest BCUT2D eigenvalue weighted by Crippen LogP contribution is 2.47. The standard InChI is InChI=1S/C23H20N2/c1-4-8-16-14(2)25(3)20-12-7-11-18-21-17-10-6-5-9-15(17)13-19(21)24-23(16)22(18)20/h4-12H,13H2,1-3H3/b8-4-. The predicted octanol–water partition coefficient (Wildman–Crippen LogP) is 5.56. The molecule has 2 nitrogen and oxygen atoms in total. The number of hydrogen-bond acceptors (Lipinski definition) is 2. The van der Waals surface area contributed by atoms with E-state index in [4.69, 9.17) is 4.98 Å². The first kappa shape index (κ1) is 14.5. The van der Waals surface area contributed by atoms with E-state index in [1.165, 1.54) is 50.1 Å². The third-order valence-corrected chi connectivity index (χ3v) is 5.57. The van der Waals surface area contributed by atoms with Crippen molar-refractivity contribution in [3.8, 4) is 11.1 Å². The third-order valence-electron chi connectivity index (χ3n) is 5.57. The summed E-state index contributed by atoms with van der Waals surface area (Å²) in [7, 11) is 2.15. The van der Waals surface area contributed by atoms with Crippen LogP contribution in [0.4, 0.5) is 5.69 Å². The number of nitrogens with zero attached hydrogens (tertiary/aromatic N) is 2. The van der Waals surface area contributed by atoms with Gasteiger partial charge in [0.15, 0.2) is 0 Å². The van der Waals surface area contributed by atoms with Crippen molar-refractivity contribution in [2.75, 3.05) is 11.9 Å². The Labute approximate surface area is 148 Å². The number of aromatic nitrogens is 1. The minimum Gasteiger partial charge on any atom is -0.347 e. The highest BCUT2D eigenvalue weighted by molar-refractivity contribution is 6.12. The molecule has 122 valence electrons. The molecule has 2 heterocycles. The van der Waals surface area contributed by atoms with Crippen LogP contribution < -0.4 is 4.90 Å². The molecule has 2 aliphatic rings. The Hall–Kier alpha value is -2.87. The third kappa shape index (κ3) is 1.82. The Morgan fingerprint density at radius 1 is 1.08 bits per heavy atom. The quantitative estimate of drug-likeness (QED) is 0.455. The summed E-state index contributed by atoms with van der Waals surface area (Å²) < 4.78 is 0. The number of fused-ring (bicyclic) bond motifs is 4. The molecule has 0 atom stereocenters. The van der Waals surface area contributed by atoms with Crippen molar-refractivity contribution in [2.24, 2.45) is 0 Å². The van der Waals surface area contributed by atoms with Crippen LogP contribution in [0.3, 0.4) is 0 Å². The molecule has 1 aliphatic heterocycles. The largest absolute Gasteiger partial charge is 0.347 e. The topological polar surface area (TPSA) is 16.1 Å². The van der Waals surface area contributed by atoms with Crippen LogP contribution in [-0.4, -0.2) is 12.0 Å². The van der Waals surface area contributed by atoms with E-state index in [1.54, 1.807) is 0 Å². The second-order valence-electron chi connectivity index (χ2n) is 6.87. The van der Waals surface area contributed by atoms with Crippen LogP contribution in [0.15, 0.2) is 60.3 Å². The fraction of sp³-hybridized carbons (Fsp3) is 0.174. The van der Waals surface area contributed by atoms with Gasteiger partial charge in [0.1, 0.15) is 0 Å². The zero-order chi connectivity index (χ0) is 17.1. The molecular formula is C23H20N2. The van der Waals surface area contributed by atoms with Gasteiger partial charge in [-0.05, 0) is 36.4 Å². The van der Waals surface area contributed by atoms with Crippen molar-refractivity contribution in [3.63, 3.8) is 0 Å². The van der Waals surface area contributed by atoms with Crippen molar-refractivity contribution >= 4 is 22.0 Å². The average molecular weight is 324 g/mol. The van der Waals surface area contributed by atoms with Crippen LogP contribution in [0.5, 0.6) is 0 Å². The summed E-state index contributed by atoms with van der Waals surface area (Å²) in [6.07, 6.45) is 5.23. The van der Waals surface area contributed by atoms with Crippen molar-refractivity contribution in [1.82, 2.24) is 4.98 Å². The Morgan fingerprint density at radius 2 is 1.92 bits per heavy atom. The van der Waals surface area contributed by atoms with Crippen molar-refractivity contribution in [2.45, 2.75) is 20.3 Å². The Kier molecular flexibility index (Phi) is 2.93. The molecular weight excluding hydrogens is 304 g/mol. The number of anilines is 1. The molecule has 0 radical (unpaired) electrons. The maximum Gasteiger partial charge on any atom is 0.0822 e. The Balaban J connectivity index is 1.95. The van der Waals surface area contributed by atoms with Gasteiger partial charge in [0.05, 0.1) is 17.1 Å². The first-order chi connectivity index (χ1) is 12.2. The Bertz CT molecular complexity index is 1100. The molecule has 0 saturated carbocycles.